The van der Waals surface area contributed by atoms with Crippen molar-refractivity contribution >= 4 is 6.03 Å². The Labute approximate surface area is 135 Å². The van der Waals surface area contributed by atoms with E-state index >= 15 is 0 Å². The van der Waals surface area contributed by atoms with Gasteiger partial charge in [0.25, 0.3) is 0 Å². The molecule has 2 atom stereocenters. The van der Waals surface area contributed by atoms with Crippen LogP contribution in [0.15, 0.2) is 0 Å². The highest BCUT2D eigenvalue weighted by atomic mass is 16.3. The predicted octanol–water partition coefficient (Wildman–Crippen LogP) is 2.20. The maximum Gasteiger partial charge on any atom is 0.317 e. The molecule has 0 saturated carbocycles. The average Bonchev–Trinajstić information content (AvgIpc) is 2.79. The summed E-state index contributed by atoms with van der Waals surface area (Å²) in [5.74, 6) is 0. The predicted molar refractivity (Wildman–Crippen MR) is 88.9 cm³/mol. The van der Waals surface area contributed by atoms with Crippen LogP contribution in [0.1, 0.15) is 58.8 Å². The summed E-state index contributed by atoms with van der Waals surface area (Å²) in [7, 11) is 0. The molecule has 5 nitrogen and oxygen atoms in total. The van der Waals surface area contributed by atoms with Crippen molar-refractivity contribution in [3.63, 3.8) is 0 Å². The van der Waals surface area contributed by atoms with Crippen molar-refractivity contribution in [1.29, 1.82) is 0 Å². The third-order valence-electron chi connectivity index (χ3n) is 4.95. The van der Waals surface area contributed by atoms with Crippen LogP contribution < -0.4 is 5.32 Å². The van der Waals surface area contributed by atoms with Gasteiger partial charge in [0.15, 0.2) is 0 Å². The first-order valence-corrected chi connectivity index (χ1v) is 8.96. The van der Waals surface area contributed by atoms with Gasteiger partial charge < -0.3 is 20.2 Å². The van der Waals surface area contributed by atoms with Crippen molar-refractivity contribution < 1.29 is 9.90 Å². The molecule has 2 heterocycles. The summed E-state index contributed by atoms with van der Waals surface area (Å²) < 4.78 is 0. The van der Waals surface area contributed by atoms with Crippen LogP contribution in [0, 0.1) is 0 Å². The van der Waals surface area contributed by atoms with Crippen molar-refractivity contribution in [2.45, 2.75) is 70.4 Å². The van der Waals surface area contributed by atoms with E-state index in [2.05, 4.69) is 17.1 Å². The zero-order valence-corrected chi connectivity index (χ0v) is 14.3. The topological polar surface area (TPSA) is 55.8 Å². The van der Waals surface area contributed by atoms with E-state index in [1.807, 2.05) is 11.8 Å². The first kappa shape index (κ1) is 17.5. The minimum absolute atomic E-state index is 0.0278. The van der Waals surface area contributed by atoms with Gasteiger partial charge in [0, 0.05) is 25.7 Å². The van der Waals surface area contributed by atoms with E-state index in [0.29, 0.717) is 13.0 Å². The first-order chi connectivity index (χ1) is 10.5. The van der Waals surface area contributed by atoms with Gasteiger partial charge in [-0.05, 0) is 59.0 Å². The number of nitrogens with zero attached hydrogens (tertiary/aromatic N) is 2. The van der Waals surface area contributed by atoms with Gasteiger partial charge in [-0.15, -0.1) is 0 Å². The zero-order valence-electron chi connectivity index (χ0n) is 14.3. The Morgan fingerprint density at radius 1 is 1.09 bits per heavy atom. The number of rotatable bonds is 3. The summed E-state index contributed by atoms with van der Waals surface area (Å²) in [6, 6.07) is 0.203. The Kier molecular flexibility index (Phi) is 6.50. The highest BCUT2D eigenvalue weighted by molar-refractivity contribution is 5.74. The fourth-order valence-electron chi connectivity index (χ4n) is 3.52. The lowest BCUT2D eigenvalue weighted by Crippen LogP contribution is -2.48. The number of amides is 2. The molecule has 0 aromatic carbocycles. The van der Waals surface area contributed by atoms with E-state index in [0.717, 1.165) is 39.0 Å². The molecule has 0 radical (unpaired) electrons. The highest BCUT2D eigenvalue weighted by Gasteiger charge is 2.27. The molecule has 2 rings (SSSR count). The Morgan fingerprint density at radius 3 is 2.45 bits per heavy atom. The van der Waals surface area contributed by atoms with Crippen LogP contribution in [-0.2, 0) is 0 Å². The molecule has 2 fully saturated rings. The second-order valence-corrected chi connectivity index (χ2v) is 7.40. The van der Waals surface area contributed by atoms with Crippen LogP contribution in [-0.4, -0.2) is 65.3 Å². The maximum absolute atomic E-state index is 12.4. The molecule has 0 unspecified atom stereocenters. The summed E-state index contributed by atoms with van der Waals surface area (Å²) in [4.78, 5) is 16.7. The largest absolute Gasteiger partial charge is 0.390 e. The van der Waals surface area contributed by atoms with Gasteiger partial charge in [0.1, 0.15) is 0 Å². The number of urea groups is 1. The summed E-state index contributed by atoms with van der Waals surface area (Å²) >= 11 is 0. The van der Waals surface area contributed by atoms with Crippen molar-refractivity contribution in [3.8, 4) is 0 Å². The smallest absolute Gasteiger partial charge is 0.317 e. The highest BCUT2D eigenvalue weighted by Crippen LogP contribution is 2.21. The van der Waals surface area contributed by atoms with Gasteiger partial charge in [0.2, 0.25) is 0 Å². The van der Waals surface area contributed by atoms with Crippen molar-refractivity contribution in [2.75, 3.05) is 32.7 Å². The Balaban J connectivity index is 1.75. The lowest BCUT2D eigenvalue weighted by atomic mass is 9.98. The molecule has 5 heteroatoms. The third-order valence-corrected chi connectivity index (χ3v) is 4.95. The van der Waals surface area contributed by atoms with Gasteiger partial charge in [-0.2, -0.15) is 0 Å². The Bertz CT molecular complexity index is 352. The maximum atomic E-state index is 12.4. The molecule has 0 aromatic heterocycles. The van der Waals surface area contributed by atoms with Crippen molar-refractivity contribution in [1.82, 2.24) is 15.1 Å². The van der Waals surface area contributed by atoms with Crippen LogP contribution in [0.3, 0.4) is 0 Å². The molecule has 2 amide bonds. The summed E-state index contributed by atoms with van der Waals surface area (Å²) in [6.07, 6.45) is 7.56. The molecule has 128 valence electrons. The summed E-state index contributed by atoms with van der Waals surface area (Å²) in [6.45, 7) is 8.62. The number of hydrogen-bond acceptors (Lipinski definition) is 3. The van der Waals surface area contributed by atoms with E-state index in [4.69, 9.17) is 0 Å². The van der Waals surface area contributed by atoms with E-state index in [-0.39, 0.29) is 12.1 Å². The van der Waals surface area contributed by atoms with Crippen LogP contribution in [0.2, 0.25) is 0 Å². The molecular weight excluding hydrogens is 278 g/mol. The minimum Gasteiger partial charge on any atom is -0.390 e. The normalized spacial score (nSPS) is 29.5. The number of aliphatic hydroxyl groups is 1. The number of carbonyl (C=O) groups is 1. The van der Waals surface area contributed by atoms with Crippen molar-refractivity contribution in [3.05, 3.63) is 0 Å². The molecule has 2 saturated heterocycles. The quantitative estimate of drug-likeness (QED) is 0.840. The van der Waals surface area contributed by atoms with Gasteiger partial charge >= 0.3 is 6.03 Å². The fourth-order valence-corrected chi connectivity index (χ4v) is 3.52. The zero-order chi connectivity index (χ0) is 16.0. The first-order valence-electron chi connectivity index (χ1n) is 8.96. The molecule has 2 N–H and O–H groups in total. The van der Waals surface area contributed by atoms with Crippen LogP contribution in [0.5, 0.6) is 0 Å². The van der Waals surface area contributed by atoms with Crippen LogP contribution >= 0.6 is 0 Å². The molecule has 0 spiro atoms. The van der Waals surface area contributed by atoms with Crippen LogP contribution in [0.4, 0.5) is 4.79 Å². The average molecular weight is 311 g/mol. The second kappa shape index (κ2) is 8.16. The molecule has 2 aliphatic rings. The number of likely N-dealkylation sites (tertiary alicyclic amines) is 2. The fraction of sp³-hybridized carbons (Fsp3) is 0.941. The molecular formula is C17H33N3O2. The second-order valence-electron chi connectivity index (χ2n) is 7.40. The third kappa shape index (κ3) is 5.76. The summed E-state index contributed by atoms with van der Waals surface area (Å²) in [5.41, 5.74) is -0.618. The van der Waals surface area contributed by atoms with Crippen LogP contribution in [0.25, 0.3) is 0 Å². The SMILES string of the molecule is C[C@@H](CN1CCCCCC1)NC(=O)N1CCC[C@@](C)(O)CC1. The van der Waals surface area contributed by atoms with Gasteiger partial charge in [-0.3, -0.25) is 0 Å². The minimum atomic E-state index is -0.618. The van der Waals surface area contributed by atoms with Gasteiger partial charge in [-0.1, -0.05) is 12.8 Å². The van der Waals surface area contributed by atoms with Gasteiger partial charge in [-0.25, -0.2) is 4.79 Å². The van der Waals surface area contributed by atoms with E-state index in [1.165, 1.54) is 25.7 Å². The number of nitrogens with one attached hydrogen (secondary N) is 1. The van der Waals surface area contributed by atoms with E-state index < -0.39 is 5.60 Å². The monoisotopic (exact) mass is 311 g/mol. The number of hydrogen-bond donors (Lipinski definition) is 2. The van der Waals surface area contributed by atoms with Crippen molar-refractivity contribution in [2.24, 2.45) is 0 Å². The molecule has 22 heavy (non-hydrogen) atoms. The van der Waals surface area contributed by atoms with E-state index in [1.54, 1.807) is 0 Å². The van der Waals surface area contributed by atoms with E-state index in [9.17, 15) is 9.90 Å². The number of carbonyl (C=O) groups excluding carboxylic acids is 1. The molecule has 0 aromatic rings. The lowest BCUT2D eigenvalue weighted by Gasteiger charge is -2.28. The Morgan fingerprint density at radius 2 is 1.77 bits per heavy atom. The van der Waals surface area contributed by atoms with Gasteiger partial charge in [0.05, 0.1) is 5.60 Å². The lowest BCUT2D eigenvalue weighted by molar-refractivity contribution is 0.0456. The molecule has 0 aliphatic carbocycles. The molecule has 0 bridgehead atoms. The Hall–Kier alpha value is -0.810. The summed E-state index contributed by atoms with van der Waals surface area (Å²) in [5, 5.41) is 13.2. The standard InChI is InChI=1S/C17H33N3O2/c1-15(14-19-10-5-3-4-6-11-19)18-16(21)20-12-7-8-17(2,22)9-13-20/h15,22H,3-14H2,1-2H3,(H,18,21)/t15-,17+/m0/s1. The molecule has 2 aliphatic heterocycles.